The average Bonchev–Trinajstić information content (AvgIpc) is 2.78. The molecule has 32 heavy (non-hydrogen) atoms. The van der Waals surface area contributed by atoms with Crippen molar-refractivity contribution in [3.63, 3.8) is 0 Å². The number of aliphatic hydroxyl groups excluding tert-OH is 1. The summed E-state index contributed by atoms with van der Waals surface area (Å²) in [4.78, 5) is 9.30. The molecular weight excluding hydrogens is 426 g/mol. The molecule has 1 heterocycles. The molecule has 1 unspecified atom stereocenters. The number of benzene rings is 2. The Kier molecular flexibility index (Phi) is 7.30. The van der Waals surface area contributed by atoms with Gasteiger partial charge in [-0.25, -0.2) is 14.0 Å². The highest BCUT2D eigenvalue weighted by Gasteiger charge is 2.10. The standard InChI is InChI=1S/C23H25N5O3S/c1-16(15-29)26-22-18(9-8-17-6-4-5-7-21(17)31-2)14-25-23(28-22)27-19-10-12-20(13-11-19)32(3,24)30/h4-7,10-14,16,24,29H,15H2,1-3H3,(H2,25,26,27,28)/t16-,32?/m1/s1. The summed E-state index contributed by atoms with van der Waals surface area (Å²) < 4.78 is 24.8. The summed E-state index contributed by atoms with van der Waals surface area (Å²) in [6, 6.07) is 13.9. The van der Waals surface area contributed by atoms with Crippen LogP contribution in [-0.4, -0.2) is 45.3 Å². The number of aromatic nitrogens is 2. The highest BCUT2D eigenvalue weighted by molar-refractivity contribution is 7.91. The fourth-order valence-electron chi connectivity index (χ4n) is 2.73. The summed E-state index contributed by atoms with van der Waals surface area (Å²) in [5.41, 5.74) is 1.99. The Morgan fingerprint density at radius 3 is 2.50 bits per heavy atom. The van der Waals surface area contributed by atoms with E-state index in [4.69, 9.17) is 9.52 Å². The number of hydrogen-bond acceptors (Lipinski definition) is 8. The van der Waals surface area contributed by atoms with Gasteiger partial charge < -0.3 is 20.5 Å². The van der Waals surface area contributed by atoms with Gasteiger partial charge in [0.25, 0.3) is 0 Å². The van der Waals surface area contributed by atoms with Crippen molar-refractivity contribution < 1.29 is 14.1 Å². The summed E-state index contributed by atoms with van der Waals surface area (Å²) in [5, 5.41) is 15.7. The van der Waals surface area contributed by atoms with E-state index in [-0.39, 0.29) is 12.6 Å². The molecule has 0 aliphatic rings. The summed E-state index contributed by atoms with van der Waals surface area (Å²) in [6.07, 6.45) is 2.98. The van der Waals surface area contributed by atoms with Gasteiger partial charge in [-0.15, -0.1) is 0 Å². The van der Waals surface area contributed by atoms with Crippen LogP contribution in [0.4, 0.5) is 17.5 Å². The third kappa shape index (κ3) is 5.97. The second kappa shape index (κ2) is 10.1. The van der Waals surface area contributed by atoms with E-state index in [0.717, 1.165) is 5.56 Å². The first kappa shape index (κ1) is 23.1. The molecule has 4 N–H and O–H groups in total. The van der Waals surface area contributed by atoms with Gasteiger partial charge in [0, 0.05) is 22.9 Å². The van der Waals surface area contributed by atoms with Crippen molar-refractivity contribution >= 4 is 27.2 Å². The van der Waals surface area contributed by atoms with Crippen molar-refractivity contribution in [3.8, 4) is 17.6 Å². The Morgan fingerprint density at radius 1 is 1.16 bits per heavy atom. The maximum absolute atomic E-state index is 11.8. The van der Waals surface area contributed by atoms with Crippen LogP contribution in [0.15, 0.2) is 59.6 Å². The number of para-hydroxylation sites is 1. The summed E-state index contributed by atoms with van der Waals surface area (Å²) in [7, 11) is -1.18. The van der Waals surface area contributed by atoms with Crippen LogP contribution in [0.2, 0.25) is 0 Å². The summed E-state index contributed by atoms with van der Waals surface area (Å²) in [6.45, 7) is 1.76. The molecule has 9 heteroatoms. The first-order chi connectivity index (χ1) is 15.3. The zero-order valence-corrected chi connectivity index (χ0v) is 18.9. The Balaban J connectivity index is 1.91. The van der Waals surface area contributed by atoms with Crippen molar-refractivity contribution in [2.24, 2.45) is 0 Å². The van der Waals surface area contributed by atoms with E-state index in [9.17, 15) is 9.32 Å². The van der Waals surface area contributed by atoms with Gasteiger partial charge in [0.05, 0.1) is 40.8 Å². The lowest BCUT2D eigenvalue weighted by molar-refractivity contribution is 0.281. The molecule has 0 aliphatic carbocycles. The van der Waals surface area contributed by atoms with Crippen LogP contribution in [0.5, 0.6) is 5.75 Å². The zero-order chi connectivity index (χ0) is 23.1. The molecule has 0 spiro atoms. The van der Waals surface area contributed by atoms with Crippen LogP contribution >= 0.6 is 0 Å². The van der Waals surface area contributed by atoms with Crippen LogP contribution in [0, 0.1) is 16.6 Å². The molecule has 0 saturated heterocycles. The first-order valence-corrected chi connectivity index (χ1v) is 11.8. The van der Waals surface area contributed by atoms with Gasteiger partial charge in [0.2, 0.25) is 5.95 Å². The molecule has 8 nitrogen and oxygen atoms in total. The fraction of sp³-hybridized carbons (Fsp3) is 0.217. The summed E-state index contributed by atoms with van der Waals surface area (Å²) in [5.74, 6) is 7.63. The van der Waals surface area contributed by atoms with E-state index >= 15 is 0 Å². The van der Waals surface area contributed by atoms with Gasteiger partial charge >= 0.3 is 0 Å². The third-order valence-corrected chi connectivity index (χ3v) is 5.62. The maximum atomic E-state index is 11.8. The molecule has 2 atom stereocenters. The minimum absolute atomic E-state index is 0.0724. The van der Waals surface area contributed by atoms with Crippen molar-refractivity contribution in [1.82, 2.24) is 9.97 Å². The van der Waals surface area contributed by atoms with Gasteiger partial charge in [0.15, 0.2) is 0 Å². The SMILES string of the molecule is COc1ccccc1C#Cc1cnc(Nc2ccc(S(C)(=N)=O)cc2)nc1N[C@H](C)CO. The molecule has 3 rings (SSSR count). The lowest BCUT2D eigenvalue weighted by Crippen LogP contribution is -2.21. The monoisotopic (exact) mass is 451 g/mol. The molecule has 1 aromatic heterocycles. The number of rotatable bonds is 7. The van der Waals surface area contributed by atoms with Gasteiger partial charge in [0.1, 0.15) is 11.6 Å². The van der Waals surface area contributed by atoms with E-state index in [2.05, 4.69) is 32.4 Å². The largest absolute Gasteiger partial charge is 0.495 e. The molecule has 0 radical (unpaired) electrons. The second-order valence-corrected chi connectivity index (χ2v) is 9.29. The van der Waals surface area contributed by atoms with E-state index in [0.29, 0.717) is 33.7 Å². The molecule has 3 aromatic rings. The Labute approximate surface area is 188 Å². The van der Waals surface area contributed by atoms with E-state index in [1.807, 2.05) is 31.2 Å². The molecule has 0 aliphatic heterocycles. The number of nitrogens with zero attached hydrogens (tertiary/aromatic N) is 2. The van der Waals surface area contributed by atoms with Crippen LogP contribution in [0.3, 0.4) is 0 Å². The number of hydrogen-bond donors (Lipinski definition) is 4. The van der Waals surface area contributed by atoms with Crippen molar-refractivity contribution in [3.05, 3.63) is 65.9 Å². The molecular formula is C23H25N5O3S. The van der Waals surface area contributed by atoms with Crippen molar-refractivity contribution in [2.45, 2.75) is 17.9 Å². The molecule has 2 aromatic carbocycles. The quantitative estimate of drug-likeness (QED) is 0.406. The number of anilines is 3. The van der Waals surface area contributed by atoms with Gasteiger partial charge in [-0.05, 0) is 43.3 Å². The average molecular weight is 452 g/mol. The van der Waals surface area contributed by atoms with E-state index in [1.165, 1.54) is 6.26 Å². The maximum Gasteiger partial charge on any atom is 0.229 e. The van der Waals surface area contributed by atoms with Crippen molar-refractivity contribution in [1.29, 1.82) is 4.78 Å². The minimum Gasteiger partial charge on any atom is -0.495 e. The van der Waals surface area contributed by atoms with Crippen LogP contribution in [0.1, 0.15) is 18.1 Å². The number of nitrogens with one attached hydrogen (secondary N) is 3. The van der Waals surface area contributed by atoms with Gasteiger partial charge in [-0.2, -0.15) is 4.98 Å². The second-order valence-electron chi connectivity index (χ2n) is 7.13. The summed E-state index contributed by atoms with van der Waals surface area (Å²) >= 11 is 0. The highest BCUT2D eigenvalue weighted by Crippen LogP contribution is 2.21. The Bertz CT molecular complexity index is 1250. The van der Waals surface area contributed by atoms with E-state index in [1.54, 1.807) is 37.6 Å². The molecule has 0 saturated carbocycles. The molecule has 0 bridgehead atoms. The zero-order valence-electron chi connectivity index (χ0n) is 18.0. The Hall–Kier alpha value is -3.61. The smallest absolute Gasteiger partial charge is 0.229 e. The van der Waals surface area contributed by atoms with E-state index < -0.39 is 9.73 Å². The fourth-order valence-corrected chi connectivity index (χ4v) is 3.39. The van der Waals surface area contributed by atoms with Crippen molar-refractivity contribution in [2.75, 3.05) is 30.6 Å². The lowest BCUT2D eigenvalue weighted by atomic mass is 10.2. The number of ether oxygens (including phenoxy) is 1. The topological polar surface area (TPSA) is 120 Å². The Morgan fingerprint density at radius 2 is 1.84 bits per heavy atom. The van der Waals surface area contributed by atoms with Gasteiger partial charge in [-0.3, -0.25) is 0 Å². The molecule has 0 fully saturated rings. The number of aliphatic hydroxyl groups is 1. The van der Waals surface area contributed by atoms with Crippen LogP contribution < -0.4 is 15.4 Å². The molecule has 0 amide bonds. The van der Waals surface area contributed by atoms with Crippen LogP contribution in [-0.2, 0) is 9.73 Å². The lowest BCUT2D eigenvalue weighted by Gasteiger charge is -2.14. The van der Waals surface area contributed by atoms with Gasteiger partial charge in [-0.1, -0.05) is 24.0 Å². The molecule has 166 valence electrons. The highest BCUT2D eigenvalue weighted by atomic mass is 32.2. The predicted octanol–water partition coefficient (Wildman–Crippen LogP) is 3.46. The third-order valence-electron chi connectivity index (χ3n) is 4.44. The number of methoxy groups -OCH3 is 1. The minimum atomic E-state index is -2.77. The first-order valence-electron chi connectivity index (χ1n) is 9.80. The predicted molar refractivity (Wildman–Crippen MR) is 126 cm³/mol. The normalized spacial score (nSPS) is 13.2. The van der Waals surface area contributed by atoms with Crippen LogP contribution in [0.25, 0.3) is 0 Å².